The predicted octanol–water partition coefficient (Wildman–Crippen LogP) is 6.70. The zero-order chi connectivity index (χ0) is 22.2. The molecule has 1 rings (SSSR count). The molecular formula is C24H40O4. The highest BCUT2D eigenvalue weighted by Crippen LogP contribution is 2.28. The fourth-order valence-electron chi connectivity index (χ4n) is 2.50. The molecule has 1 aromatic carbocycles. The normalized spacial score (nSPS) is 10.0. The van der Waals surface area contributed by atoms with Crippen molar-refractivity contribution < 1.29 is 19.1 Å². The molecule has 0 aliphatic heterocycles. The molecule has 0 saturated carbocycles. The molecule has 0 aliphatic carbocycles. The summed E-state index contributed by atoms with van der Waals surface area (Å²) in [6.07, 6.45) is 6.89. The zero-order valence-corrected chi connectivity index (χ0v) is 19.2. The van der Waals surface area contributed by atoms with Gasteiger partial charge in [0.25, 0.3) is 0 Å². The summed E-state index contributed by atoms with van der Waals surface area (Å²) in [7, 11) is 1.55. The molecule has 0 saturated heterocycles. The maximum absolute atomic E-state index is 12.6. The van der Waals surface area contributed by atoms with E-state index in [-0.39, 0.29) is 11.6 Å². The second-order valence-corrected chi connectivity index (χ2v) is 7.32. The minimum Gasteiger partial charge on any atom is -0.496 e. The van der Waals surface area contributed by atoms with Gasteiger partial charge in [0.05, 0.1) is 12.7 Å². The van der Waals surface area contributed by atoms with Gasteiger partial charge in [-0.1, -0.05) is 67.2 Å². The van der Waals surface area contributed by atoms with Crippen LogP contribution in [-0.2, 0) is 4.79 Å². The number of carbonyl (C=O) groups is 3. The van der Waals surface area contributed by atoms with Crippen molar-refractivity contribution in [3.05, 3.63) is 29.3 Å². The molecular weight excluding hydrogens is 352 g/mol. The average Bonchev–Trinajstić information content (AvgIpc) is 2.68. The Bertz CT molecular complexity index is 583. The fourth-order valence-corrected chi connectivity index (χ4v) is 2.50. The number of Topliss-reactive ketones (excluding diaryl/α,β-unsaturated/α-hetero) is 2. The lowest BCUT2D eigenvalue weighted by molar-refractivity contribution is -0.106. The molecule has 0 amide bonds. The number of unbranched alkanes of at least 4 members (excludes halogenated alkanes) is 4. The molecule has 0 aromatic heterocycles. The van der Waals surface area contributed by atoms with Crippen LogP contribution in [-0.4, -0.2) is 25.0 Å². The van der Waals surface area contributed by atoms with Gasteiger partial charge in [0.1, 0.15) is 12.0 Å². The van der Waals surface area contributed by atoms with Crippen LogP contribution < -0.4 is 4.74 Å². The first-order valence-electron chi connectivity index (χ1n) is 10.4. The van der Waals surface area contributed by atoms with Crippen LogP contribution in [0.4, 0.5) is 0 Å². The number of ether oxygens (including phenoxy) is 1. The molecule has 0 N–H and O–H groups in total. The number of methoxy groups -OCH3 is 1. The van der Waals surface area contributed by atoms with Crippen LogP contribution in [0.5, 0.6) is 5.75 Å². The third kappa shape index (κ3) is 11.0. The van der Waals surface area contributed by atoms with Gasteiger partial charge >= 0.3 is 0 Å². The van der Waals surface area contributed by atoms with Crippen molar-refractivity contribution in [2.75, 3.05) is 7.11 Å². The molecule has 0 spiro atoms. The smallest absolute Gasteiger partial charge is 0.171 e. The summed E-state index contributed by atoms with van der Waals surface area (Å²) in [5, 5.41) is 0. The zero-order valence-electron chi connectivity index (χ0n) is 19.2. The van der Waals surface area contributed by atoms with Crippen LogP contribution >= 0.6 is 0 Å². The van der Waals surface area contributed by atoms with Crippen molar-refractivity contribution in [3.63, 3.8) is 0 Å². The second-order valence-electron chi connectivity index (χ2n) is 7.32. The number of hydrogen-bond acceptors (Lipinski definition) is 4. The maximum atomic E-state index is 12.6. The Hall–Kier alpha value is -1.97. The topological polar surface area (TPSA) is 60.4 Å². The van der Waals surface area contributed by atoms with Gasteiger partial charge in [0, 0.05) is 17.4 Å². The van der Waals surface area contributed by atoms with Crippen LogP contribution in [0.15, 0.2) is 18.2 Å². The molecule has 28 heavy (non-hydrogen) atoms. The summed E-state index contributed by atoms with van der Waals surface area (Å²) in [6.45, 7) is 13.2. The van der Waals surface area contributed by atoms with Gasteiger partial charge in [-0.25, -0.2) is 0 Å². The van der Waals surface area contributed by atoms with Gasteiger partial charge in [-0.05, 0) is 31.5 Å². The lowest BCUT2D eigenvalue weighted by Crippen LogP contribution is -2.21. The highest BCUT2D eigenvalue weighted by atomic mass is 16.5. The van der Waals surface area contributed by atoms with E-state index < -0.39 is 5.41 Å². The first-order chi connectivity index (χ1) is 13.2. The van der Waals surface area contributed by atoms with Gasteiger partial charge in [-0.15, -0.1) is 0 Å². The molecule has 0 fully saturated rings. The van der Waals surface area contributed by atoms with Crippen LogP contribution in [0.1, 0.15) is 108 Å². The van der Waals surface area contributed by atoms with E-state index in [4.69, 9.17) is 9.53 Å². The Morgan fingerprint density at radius 2 is 1.57 bits per heavy atom. The van der Waals surface area contributed by atoms with E-state index >= 15 is 0 Å². The number of benzene rings is 1. The van der Waals surface area contributed by atoms with E-state index in [2.05, 4.69) is 6.92 Å². The molecule has 0 heterocycles. The van der Waals surface area contributed by atoms with E-state index in [1.807, 2.05) is 34.6 Å². The maximum Gasteiger partial charge on any atom is 0.171 e. The van der Waals surface area contributed by atoms with Crippen LogP contribution in [0.3, 0.4) is 0 Å². The standard InChI is InChI=1S/C20H30O3.C2H4O.C2H6/c1-6-7-8-9-10-11-17(21)15-12-13-18(23-5)16(14-15)19(22)20(2,3)4;1-2-3;1-2/h12-14H,6-11H2,1-5H3;2H,1H3;1-2H3. The Morgan fingerprint density at radius 3 is 2.04 bits per heavy atom. The lowest BCUT2D eigenvalue weighted by atomic mass is 9.85. The summed E-state index contributed by atoms with van der Waals surface area (Å²) in [5.74, 6) is 0.628. The second kappa shape index (κ2) is 16.0. The number of rotatable bonds is 9. The molecule has 4 nitrogen and oxygen atoms in total. The first-order valence-corrected chi connectivity index (χ1v) is 10.4. The predicted molar refractivity (Wildman–Crippen MR) is 118 cm³/mol. The van der Waals surface area contributed by atoms with Crippen LogP contribution in [0.2, 0.25) is 0 Å². The summed E-state index contributed by atoms with van der Waals surface area (Å²) >= 11 is 0. The Morgan fingerprint density at radius 1 is 1.04 bits per heavy atom. The number of aldehydes is 1. The molecule has 0 aliphatic rings. The quantitative estimate of drug-likeness (QED) is 0.266. The molecule has 4 heteroatoms. The van der Waals surface area contributed by atoms with E-state index in [9.17, 15) is 9.59 Å². The summed E-state index contributed by atoms with van der Waals surface area (Å²) < 4.78 is 5.29. The summed E-state index contributed by atoms with van der Waals surface area (Å²) in [4.78, 5) is 33.7. The van der Waals surface area contributed by atoms with Gasteiger partial charge in [0.15, 0.2) is 11.6 Å². The molecule has 0 unspecified atom stereocenters. The average molecular weight is 393 g/mol. The van der Waals surface area contributed by atoms with E-state index in [0.717, 1.165) is 19.1 Å². The third-order valence-electron chi connectivity index (χ3n) is 3.95. The number of carbonyl (C=O) groups excluding carboxylic acids is 3. The van der Waals surface area contributed by atoms with E-state index in [1.54, 1.807) is 25.3 Å². The molecule has 0 radical (unpaired) electrons. The fraction of sp³-hybridized carbons (Fsp3) is 0.625. The largest absolute Gasteiger partial charge is 0.496 e. The number of ketones is 2. The molecule has 0 bridgehead atoms. The van der Waals surface area contributed by atoms with Crippen molar-refractivity contribution in [2.24, 2.45) is 5.41 Å². The van der Waals surface area contributed by atoms with Crippen molar-refractivity contribution in [2.45, 2.75) is 87.0 Å². The Balaban J connectivity index is 0. The third-order valence-corrected chi connectivity index (χ3v) is 3.95. The van der Waals surface area contributed by atoms with Crippen molar-refractivity contribution in [3.8, 4) is 5.75 Å². The number of hydrogen-bond donors (Lipinski definition) is 0. The van der Waals surface area contributed by atoms with Crippen LogP contribution in [0.25, 0.3) is 0 Å². The SMILES string of the molecule is CC.CC=O.CCCCCCCC(=O)c1ccc(OC)c(C(=O)C(C)(C)C)c1. The molecule has 160 valence electrons. The monoisotopic (exact) mass is 392 g/mol. The van der Waals surface area contributed by atoms with Crippen molar-refractivity contribution >= 4 is 17.9 Å². The van der Waals surface area contributed by atoms with Gasteiger partial charge < -0.3 is 9.53 Å². The van der Waals surface area contributed by atoms with Gasteiger partial charge in [-0.2, -0.15) is 0 Å². The van der Waals surface area contributed by atoms with Crippen molar-refractivity contribution in [1.29, 1.82) is 0 Å². The summed E-state index contributed by atoms with van der Waals surface area (Å²) in [5.41, 5.74) is 0.598. The minimum absolute atomic E-state index is 0.00746. The molecule has 1 aromatic rings. The Labute approximate surface area is 172 Å². The van der Waals surface area contributed by atoms with Gasteiger partial charge in [-0.3, -0.25) is 9.59 Å². The van der Waals surface area contributed by atoms with Gasteiger partial charge in [0.2, 0.25) is 0 Å². The summed E-state index contributed by atoms with van der Waals surface area (Å²) in [6, 6.07) is 5.18. The first kappa shape index (κ1) is 28.2. The van der Waals surface area contributed by atoms with Crippen LogP contribution in [0, 0.1) is 5.41 Å². The van der Waals surface area contributed by atoms with E-state index in [1.165, 1.54) is 26.2 Å². The minimum atomic E-state index is -0.505. The van der Waals surface area contributed by atoms with Crippen molar-refractivity contribution in [1.82, 2.24) is 0 Å². The highest BCUT2D eigenvalue weighted by molar-refractivity contribution is 6.05. The highest BCUT2D eigenvalue weighted by Gasteiger charge is 2.26. The Kier molecular flexibility index (Phi) is 16.2. The molecule has 0 atom stereocenters. The lowest BCUT2D eigenvalue weighted by Gasteiger charge is -2.19. The van der Waals surface area contributed by atoms with E-state index in [0.29, 0.717) is 23.3 Å².